The molecule has 138 valence electrons. The fraction of sp³-hybridized carbons (Fsp3) is 0.526. The van der Waals surface area contributed by atoms with E-state index in [4.69, 9.17) is 9.15 Å². The molecule has 7 nitrogen and oxygen atoms in total. The minimum atomic E-state index is 0.159. The van der Waals surface area contributed by atoms with E-state index in [9.17, 15) is 4.79 Å². The quantitative estimate of drug-likeness (QED) is 0.786. The zero-order valence-electron chi connectivity index (χ0n) is 15.1. The predicted molar refractivity (Wildman–Crippen MR) is 94.8 cm³/mol. The summed E-state index contributed by atoms with van der Waals surface area (Å²) in [6.07, 6.45) is 2.73. The van der Waals surface area contributed by atoms with E-state index in [0.29, 0.717) is 24.8 Å². The summed E-state index contributed by atoms with van der Waals surface area (Å²) in [6.45, 7) is 3.77. The van der Waals surface area contributed by atoms with E-state index in [-0.39, 0.29) is 5.91 Å². The van der Waals surface area contributed by atoms with Crippen molar-refractivity contribution in [3.05, 3.63) is 41.6 Å². The highest BCUT2D eigenvalue weighted by atomic mass is 16.5. The Hall–Kier alpha value is -2.41. The SMILES string of the molecule is COc1cccc(CC(=O)N2CCN(Cc3nnc(C4CC4)o3)CC2)c1. The Morgan fingerprint density at radius 3 is 2.77 bits per heavy atom. The first-order valence-corrected chi connectivity index (χ1v) is 9.16. The molecule has 4 rings (SSSR count). The van der Waals surface area contributed by atoms with Crippen molar-refractivity contribution in [2.24, 2.45) is 0 Å². The maximum Gasteiger partial charge on any atom is 0.230 e. The molecule has 2 heterocycles. The van der Waals surface area contributed by atoms with Crippen LogP contribution in [0.1, 0.15) is 36.1 Å². The maximum atomic E-state index is 12.5. The molecule has 1 aromatic heterocycles. The van der Waals surface area contributed by atoms with Gasteiger partial charge in [0.25, 0.3) is 0 Å². The molecule has 1 aliphatic carbocycles. The van der Waals surface area contributed by atoms with Crippen LogP contribution in [0, 0.1) is 0 Å². The molecule has 0 bridgehead atoms. The van der Waals surface area contributed by atoms with E-state index in [0.717, 1.165) is 56.2 Å². The Bertz CT molecular complexity index is 764. The van der Waals surface area contributed by atoms with Crippen LogP contribution in [0.5, 0.6) is 5.75 Å². The van der Waals surface area contributed by atoms with Crippen LogP contribution in [0.3, 0.4) is 0 Å². The van der Waals surface area contributed by atoms with Gasteiger partial charge < -0.3 is 14.1 Å². The third kappa shape index (κ3) is 4.04. The van der Waals surface area contributed by atoms with Crippen molar-refractivity contribution in [1.82, 2.24) is 20.0 Å². The second-order valence-electron chi connectivity index (χ2n) is 6.99. The van der Waals surface area contributed by atoms with Gasteiger partial charge in [0, 0.05) is 32.1 Å². The Kier molecular flexibility index (Phi) is 4.88. The molecular weight excluding hydrogens is 332 g/mol. The number of hydrogen-bond acceptors (Lipinski definition) is 6. The number of ether oxygens (including phenoxy) is 1. The normalized spacial score (nSPS) is 18.1. The number of benzene rings is 1. The first kappa shape index (κ1) is 17.0. The van der Waals surface area contributed by atoms with Gasteiger partial charge in [0.2, 0.25) is 17.7 Å². The molecule has 0 N–H and O–H groups in total. The van der Waals surface area contributed by atoms with Gasteiger partial charge in [-0.3, -0.25) is 9.69 Å². The number of carbonyl (C=O) groups excluding carboxylic acids is 1. The van der Waals surface area contributed by atoms with Crippen LogP contribution < -0.4 is 4.74 Å². The van der Waals surface area contributed by atoms with Crippen molar-refractivity contribution in [2.75, 3.05) is 33.3 Å². The summed E-state index contributed by atoms with van der Waals surface area (Å²) in [5.74, 6) is 2.90. The number of nitrogens with zero attached hydrogens (tertiary/aromatic N) is 4. The molecule has 1 amide bonds. The predicted octanol–water partition coefficient (Wildman–Crippen LogP) is 1.84. The first-order chi connectivity index (χ1) is 12.7. The second kappa shape index (κ2) is 7.45. The van der Waals surface area contributed by atoms with Gasteiger partial charge >= 0.3 is 0 Å². The third-order valence-electron chi connectivity index (χ3n) is 4.98. The summed E-state index contributed by atoms with van der Waals surface area (Å²) >= 11 is 0. The number of piperazine rings is 1. The van der Waals surface area contributed by atoms with Gasteiger partial charge in [0.05, 0.1) is 20.1 Å². The Labute approximate surface area is 152 Å². The van der Waals surface area contributed by atoms with Crippen molar-refractivity contribution in [3.8, 4) is 5.75 Å². The molecule has 0 atom stereocenters. The largest absolute Gasteiger partial charge is 0.497 e. The molecule has 1 saturated heterocycles. The molecule has 1 saturated carbocycles. The van der Waals surface area contributed by atoms with Crippen molar-refractivity contribution in [3.63, 3.8) is 0 Å². The lowest BCUT2D eigenvalue weighted by molar-refractivity contribution is -0.132. The molecule has 1 aromatic carbocycles. The minimum Gasteiger partial charge on any atom is -0.497 e. The Morgan fingerprint density at radius 2 is 2.04 bits per heavy atom. The second-order valence-corrected chi connectivity index (χ2v) is 6.99. The van der Waals surface area contributed by atoms with Gasteiger partial charge in [-0.25, -0.2) is 0 Å². The molecule has 7 heteroatoms. The molecule has 26 heavy (non-hydrogen) atoms. The van der Waals surface area contributed by atoms with E-state index < -0.39 is 0 Å². The van der Waals surface area contributed by atoms with Crippen LogP contribution in [0.4, 0.5) is 0 Å². The standard InChI is InChI=1S/C19H24N4O3/c1-25-16-4-2-3-14(11-16)12-18(24)23-9-7-22(8-10-23)13-17-20-21-19(26-17)15-5-6-15/h2-4,11,15H,5-10,12-13H2,1H3. The third-order valence-corrected chi connectivity index (χ3v) is 4.98. The summed E-state index contributed by atoms with van der Waals surface area (Å²) in [5, 5.41) is 8.28. The highest BCUT2D eigenvalue weighted by Crippen LogP contribution is 2.39. The number of methoxy groups -OCH3 is 1. The zero-order chi connectivity index (χ0) is 17.9. The first-order valence-electron chi connectivity index (χ1n) is 9.16. The van der Waals surface area contributed by atoms with Gasteiger partial charge in [-0.15, -0.1) is 10.2 Å². The molecule has 0 unspecified atom stereocenters. The lowest BCUT2D eigenvalue weighted by atomic mass is 10.1. The molecule has 2 fully saturated rings. The summed E-state index contributed by atoms with van der Waals surface area (Å²) < 4.78 is 11.0. The average molecular weight is 356 g/mol. The van der Waals surface area contributed by atoms with Crippen molar-refractivity contribution in [1.29, 1.82) is 0 Å². The van der Waals surface area contributed by atoms with Crippen LogP contribution >= 0.6 is 0 Å². The molecule has 0 radical (unpaired) electrons. The smallest absolute Gasteiger partial charge is 0.230 e. The van der Waals surface area contributed by atoms with Gasteiger partial charge in [0.15, 0.2) is 0 Å². The molecule has 1 aliphatic heterocycles. The van der Waals surface area contributed by atoms with Crippen LogP contribution in [0.15, 0.2) is 28.7 Å². The zero-order valence-corrected chi connectivity index (χ0v) is 15.1. The van der Waals surface area contributed by atoms with E-state index in [1.165, 1.54) is 0 Å². The summed E-state index contributed by atoms with van der Waals surface area (Å²) in [6, 6.07) is 7.68. The average Bonchev–Trinajstić information content (AvgIpc) is 3.42. The van der Waals surface area contributed by atoms with E-state index >= 15 is 0 Å². The molecule has 2 aromatic rings. The number of rotatable bonds is 6. The Balaban J connectivity index is 1.26. The number of amides is 1. The van der Waals surface area contributed by atoms with Crippen LogP contribution in [-0.2, 0) is 17.8 Å². The van der Waals surface area contributed by atoms with Crippen molar-refractivity contribution in [2.45, 2.75) is 31.7 Å². The van der Waals surface area contributed by atoms with Crippen LogP contribution in [0.25, 0.3) is 0 Å². The van der Waals surface area contributed by atoms with Gasteiger partial charge in [0.1, 0.15) is 5.75 Å². The Morgan fingerprint density at radius 1 is 1.23 bits per heavy atom. The fourth-order valence-electron chi connectivity index (χ4n) is 3.24. The highest BCUT2D eigenvalue weighted by Gasteiger charge is 2.30. The van der Waals surface area contributed by atoms with Crippen LogP contribution in [0.2, 0.25) is 0 Å². The van der Waals surface area contributed by atoms with Crippen molar-refractivity contribution >= 4 is 5.91 Å². The molecule has 2 aliphatic rings. The minimum absolute atomic E-state index is 0.159. The van der Waals surface area contributed by atoms with Gasteiger partial charge in [-0.1, -0.05) is 12.1 Å². The number of hydrogen-bond donors (Lipinski definition) is 0. The molecule has 0 spiro atoms. The fourth-order valence-corrected chi connectivity index (χ4v) is 3.24. The lowest BCUT2D eigenvalue weighted by Gasteiger charge is -2.34. The van der Waals surface area contributed by atoms with E-state index in [1.807, 2.05) is 29.2 Å². The number of carbonyl (C=O) groups is 1. The topological polar surface area (TPSA) is 71.7 Å². The lowest BCUT2D eigenvalue weighted by Crippen LogP contribution is -2.48. The van der Waals surface area contributed by atoms with Gasteiger partial charge in [-0.05, 0) is 30.5 Å². The van der Waals surface area contributed by atoms with E-state index in [2.05, 4.69) is 15.1 Å². The monoisotopic (exact) mass is 356 g/mol. The summed E-state index contributed by atoms with van der Waals surface area (Å²) in [5.41, 5.74) is 0.982. The summed E-state index contributed by atoms with van der Waals surface area (Å²) in [4.78, 5) is 16.7. The highest BCUT2D eigenvalue weighted by molar-refractivity contribution is 5.79. The number of aromatic nitrogens is 2. The van der Waals surface area contributed by atoms with Crippen molar-refractivity contribution < 1.29 is 13.9 Å². The van der Waals surface area contributed by atoms with Gasteiger partial charge in [-0.2, -0.15) is 0 Å². The molecular formula is C19H24N4O3. The summed E-state index contributed by atoms with van der Waals surface area (Å²) in [7, 11) is 1.64. The van der Waals surface area contributed by atoms with Crippen LogP contribution in [-0.4, -0.2) is 59.2 Å². The maximum absolute atomic E-state index is 12.5. The van der Waals surface area contributed by atoms with E-state index in [1.54, 1.807) is 7.11 Å².